The molecule has 0 aromatic carbocycles. The van der Waals surface area contributed by atoms with E-state index >= 15 is 0 Å². The van der Waals surface area contributed by atoms with Crippen LogP contribution < -0.4 is 0 Å². The van der Waals surface area contributed by atoms with Gasteiger partial charge in [-0.25, -0.2) is 0 Å². The zero-order valence-corrected chi connectivity index (χ0v) is 8.58. The zero-order valence-electron chi connectivity index (χ0n) is 8.58. The average Bonchev–Trinajstić information content (AvgIpc) is 2.11. The smallest absolute Gasteiger partial charge is 0.0827 e. The molecule has 1 saturated carbocycles. The molecule has 0 saturated heterocycles. The minimum Gasteiger partial charge on any atom is -0.390 e. The van der Waals surface area contributed by atoms with Crippen LogP contribution in [0.2, 0.25) is 0 Å². The van der Waals surface area contributed by atoms with Crippen LogP contribution in [0, 0.1) is 5.92 Å². The third-order valence-corrected chi connectivity index (χ3v) is 3.44. The van der Waals surface area contributed by atoms with E-state index in [-0.39, 0.29) is 5.92 Å². The Morgan fingerprint density at radius 1 is 1.15 bits per heavy atom. The molecule has 0 radical (unpaired) electrons. The van der Waals surface area contributed by atoms with E-state index in [4.69, 9.17) is 0 Å². The first-order valence-electron chi connectivity index (χ1n) is 5.00. The van der Waals surface area contributed by atoms with Crippen LogP contribution in [0.3, 0.4) is 0 Å². The van der Waals surface area contributed by atoms with Crippen molar-refractivity contribution in [2.75, 3.05) is 0 Å². The van der Waals surface area contributed by atoms with Gasteiger partial charge in [-0.3, -0.25) is 0 Å². The van der Waals surface area contributed by atoms with Crippen molar-refractivity contribution in [2.45, 2.75) is 50.7 Å². The van der Waals surface area contributed by atoms with Crippen LogP contribution in [-0.4, -0.2) is 21.4 Å². The highest BCUT2D eigenvalue weighted by molar-refractivity contribution is 5.03. The van der Waals surface area contributed by atoms with Crippen molar-refractivity contribution in [2.24, 2.45) is 5.92 Å². The van der Waals surface area contributed by atoms with E-state index < -0.39 is 11.2 Å². The summed E-state index contributed by atoms with van der Waals surface area (Å²) in [7, 11) is 0. The minimum absolute atomic E-state index is 0.266. The van der Waals surface area contributed by atoms with Gasteiger partial charge in [0.25, 0.3) is 0 Å². The highest BCUT2D eigenvalue weighted by Gasteiger charge is 2.40. The molecule has 2 N–H and O–H groups in total. The molecule has 0 amide bonds. The molecule has 0 unspecified atom stereocenters. The lowest BCUT2D eigenvalue weighted by atomic mass is 9.71. The van der Waals surface area contributed by atoms with Crippen molar-refractivity contribution in [3.8, 4) is 0 Å². The third-order valence-electron chi connectivity index (χ3n) is 3.44. The van der Waals surface area contributed by atoms with E-state index in [1.807, 2.05) is 13.8 Å². The Morgan fingerprint density at radius 3 is 1.92 bits per heavy atom. The van der Waals surface area contributed by atoms with Gasteiger partial charge in [0.2, 0.25) is 0 Å². The van der Waals surface area contributed by atoms with Crippen molar-refractivity contribution < 1.29 is 10.2 Å². The Morgan fingerprint density at radius 2 is 1.62 bits per heavy atom. The van der Waals surface area contributed by atoms with Crippen molar-refractivity contribution in [1.82, 2.24) is 0 Å². The summed E-state index contributed by atoms with van der Waals surface area (Å²) < 4.78 is 0. The summed E-state index contributed by atoms with van der Waals surface area (Å²) in [6, 6.07) is 0. The Hall–Kier alpha value is -0.340. The summed E-state index contributed by atoms with van der Waals surface area (Å²) in [6.45, 7) is 7.67. The molecule has 0 aromatic rings. The fourth-order valence-electron chi connectivity index (χ4n) is 1.90. The fraction of sp³-hybridized carbons (Fsp3) is 0.818. The van der Waals surface area contributed by atoms with Crippen LogP contribution in [0.1, 0.15) is 39.5 Å². The maximum atomic E-state index is 10.1. The van der Waals surface area contributed by atoms with Crippen molar-refractivity contribution in [3.63, 3.8) is 0 Å². The van der Waals surface area contributed by atoms with Gasteiger partial charge < -0.3 is 10.2 Å². The van der Waals surface area contributed by atoms with Gasteiger partial charge in [0.05, 0.1) is 11.2 Å². The summed E-state index contributed by atoms with van der Waals surface area (Å²) in [4.78, 5) is 0. The van der Waals surface area contributed by atoms with Crippen LogP contribution >= 0.6 is 0 Å². The average molecular weight is 184 g/mol. The van der Waals surface area contributed by atoms with E-state index in [1.165, 1.54) is 0 Å². The Labute approximate surface area is 80.3 Å². The SMILES string of the molecule is C=CC1(O)CCC(O)(C(C)C)CC1. The van der Waals surface area contributed by atoms with Gasteiger partial charge in [0, 0.05) is 0 Å². The van der Waals surface area contributed by atoms with E-state index in [2.05, 4.69) is 6.58 Å². The number of hydrogen-bond acceptors (Lipinski definition) is 2. The first-order valence-corrected chi connectivity index (χ1v) is 5.00. The summed E-state index contributed by atoms with van der Waals surface area (Å²) in [5, 5.41) is 20.0. The van der Waals surface area contributed by atoms with Crippen LogP contribution in [0.15, 0.2) is 12.7 Å². The second-order valence-corrected chi connectivity index (χ2v) is 4.57. The lowest BCUT2D eigenvalue weighted by Gasteiger charge is -2.42. The van der Waals surface area contributed by atoms with Gasteiger partial charge >= 0.3 is 0 Å². The van der Waals surface area contributed by atoms with Gasteiger partial charge in [0.1, 0.15) is 0 Å². The van der Waals surface area contributed by atoms with Crippen LogP contribution in [0.4, 0.5) is 0 Å². The summed E-state index contributed by atoms with van der Waals surface area (Å²) in [6.07, 6.45) is 4.21. The van der Waals surface area contributed by atoms with Gasteiger partial charge in [-0.2, -0.15) is 0 Å². The lowest BCUT2D eigenvalue weighted by Crippen LogP contribution is -2.44. The quantitative estimate of drug-likeness (QED) is 0.643. The summed E-state index contributed by atoms with van der Waals surface area (Å²) in [5.74, 6) is 0.266. The van der Waals surface area contributed by atoms with Crippen molar-refractivity contribution in [3.05, 3.63) is 12.7 Å². The minimum atomic E-state index is -0.735. The molecule has 2 heteroatoms. The monoisotopic (exact) mass is 184 g/mol. The molecule has 0 aliphatic heterocycles. The Balaban J connectivity index is 2.61. The maximum absolute atomic E-state index is 10.1. The molecule has 1 aliphatic rings. The summed E-state index contributed by atoms with van der Waals surface area (Å²) in [5.41, 5.74) is -1.31. The van der Waals surface area contributed by atoms with Crippen molar-refractivity contribution in [1.29, 1.82) is 0 Å². The normalized spacial score (nSPS) is 40.7. The molecule has 1 aliphatic carbocycles. The second-order valence-electron chi connectivity index (χ2n) is 4.57. The third kappa shape index (κ3) is 2.12. The molecule has 0 aromatic heterocycles. The van der Waals surface area contributed by atoms with Crippen LogP contribution in [0.5, 0.6) is 0 Å². The van der Waals surface area contributed by atoms with Gasteiger partial charge in [0.15, 0.2) is 0 Å². The molecule has 0 heterocycles. The molecule has 1 fully saturated rings. The fourth-order valence-corrected chi connectivity index (χ4v) is 1.90. The number of aliphatic hydroxyl groups is 2. The first-order chi connectivity index (χ1) is 5.92. The Bertz CT molecular complexity index is 188. The lowest BCUT2D eigenvalue weighted by molar-refractivity contribution is -0.0847. The zero-order chi connectivity index (χ0) is 10.1. The van der Waals surface area contributed by atoms with E-state index in [0.29, 0.717) is 25.7 Å². The molecular formula is C11H20O2. The molecule has 0 bridgehead atoms. The van der Waals surface area contributed by atoms with Crippen LogP contribution in [-0.2, 0) is 0 Å². The predicted octanol–water partition coefficient (Wildman–Crippen LogP) is 1.86. The molecule has 0 atom stereocenters. The standard InChI is InChI=1S/C11H20O2/c1-4-10(12)5-7-11(13,8-6-10)9(2)3/h4,9,12-13H,1,5-8H2,2-3H3. The topological polar surface area (TPSA) is 40.5 Å². The van der Waals surface area contributed by atoms with Gasteiger partial charge in [-0.15, -0.1) is 6.58 Å². The molecule has 0 spiro atoms. The predicted molar refractivity (Wildman–Crippen MR) is 53.4 cm³/mol. The highest BCUT2D eigenvalue weighted by atomic mass is 16.3. The first kappa shape index (κ1) is 10.7. The number of hydrogen-bond donors (Lipinski definition) is 2. The molecule has 76 valence electrons. The van der Waals surface area contributed by atoms with E-state index in [9.17, 15) is 10.2 Å². The van der Waals surface area contributed by atoms with Crippen molar-refractivity contribution >= 4 is 0 Å². The van der Waals surface area contributed by atoms with Gasteiger partial charge in [-0.05, 0) is 31.6 Å². The molecule has 13 heavy (non-hydrogen) atoms. The van der Waals surface area contributed by atoms with E-state index in [0.717, 1.165) is 0 Å². The highest BCUT2D eigenvalue weighted by Crippen LogP contribution is 2.39. The second kappa shape index (κ2) is 3.43. The molecular weight excluding hydrogens is 164 g/mol. The van der Waals surface area contributed by atoms with Gasteiger partial charge in [-0.1, -0.05) is 19.9 Å². The van der Waals surface area contributed by atoms with Crippen LogP contribution in [0.25, 0.3) is 0 Å². The maximum Gasteiger partial charge on any atom is 0.0827 e. The Kier molecular flexibility index (Phi) is 2.83. The molecule has 1 rings (SSSR count). The number of rotatable bonds is 2. The summed E-state index contributed by atoms with van der Waals surface area (Å²) >= 11 is 0. The molecule has 2 nitrogen and oxygen atoms in total. The van der Waals surface area contributed by atoms with E-state index in [1.54, 1.807) is 6.08 Å². The largest absolute Gasteiger partial charge is 0.390 e.